The van der Waals surface area contributed by atoms with E-state index in [1.54, 1.807) is 23.4 Å². The molecule has 0 bridgehead atoms. The number of halogens is 1. The Morgan fingerprint density at radius 3 is 2.57 bits per heavy atom. The summed E-state index contributed by atoms with van der Waals surface area (Å²) in [5.74, 6) is -0.623. The smallest absolute Gasteiger partial charge is 0.290 e. The molecule has 0 fully saturated rings. The summed E-state index contributed by atoms with van der Waals surface area (Å²) >= 11 is 6.23. The lowest BCUT2D eigenvalue weighted by molar-refractivity contribution is -0.130. The number of hydrogen-bond donors (Lipinski definition) is 1. The van der Waals surface area contributed by atoms with E-state index < -0.39 is 11.9 Å². The Labute approximate surface area is 168 Å². The van der Waals surface area contributed by atoms with Gasteiger partial charge in [0, 0.05) is 29.5 Å². The van der Waals surface area contributed by atoms with Gasteiger partial charge in [0.2, 0.25) is 0 Å². The molecule has 5 heteroatoms. The highest BCUT2D eigenvalue weighted by Crippen LogP contribution is 2.44. The maximum atomic E-state index is 13.0. The van der Waals surface area contributed by atoms with Crippen LogP contribution in [0.5, 0.6) is 0 Å². The van der Waals surface area contributed by atoms with Gasteiger partial charge in [0.25, 0.3) is 5.91 Å². The molecule has 0 spiro atoms. The van der Waals surface area contributed by atoms with Gasteiger partial charge in [-0.1, -0.05) is 59.6 Å². The van der Waals surface area contributed by atoms with Gasteiger partial charge in [-0.25, -0.2) is 0 Å². The van der Waals surface area contributed by atoms with Gasteiger partial charge in [0.05, 0.1) is 6.04 Å². The Hall–Kier alpha value is -3.11. The van der Waals surface area contributed by atoms with Crippen LogP contribution in [-0.4, -0.2) is 20.9 Å². The zero-order valence-electron chi connectivity index (χ0n) is 15.3. The first kappa shape index (κ1) is 18.3. The van der Waals surface area contributed by atoms with E-state index in [0.29, 0.717) is 17.1 Å². The zero-order valence-corrected chi connectivity index (χ0v) is 16.1. The van der Waals surface area contributed by atoms with E-state index in [9.17, 15) is 9.90 Å². The number of benzene rings is 2. The molecule has 4 nitrogen and oxygen atoms in total. The molecule has 4 rings (SSSR count). The van der Waals surface area contributed by atoms with E-state index >= 15 is 0 Å². The third-order valence-electron chi connectivity index (χ3n) is 4.91. The normalized spacial score (nSPS) is 16.7. The maximum absolute atomic E-state index is 13.0. The highest BCUT2D eigenvalue weighted by atomic mass is 35.5. The Morgan fingerprint density at radius 1 is 1.11 bits per heavy atom. The fourth-order valence-electron chi connectivity index (χ4n) is 3.56. The molecule has 0 aliphatic carbocycles. The number of hydrogen-bond acceptors (Lipinski definition) is 3. The molecule has 1 aliphatic heterocycles. The molecule has 0 saturated heterocycles. The van der Waals surface area contributed by atoms with Gasteiger partial charge in [-0.3, -0.25) is 9.78 Å². The summed E-state index contributed by atoms with van der Waals surface area (Å²) < 4.78 is 0. The summed E-state index contributed by atoms with van der Waals surface area (Å²) in [6.07, 6.45) is 3.42. The van der Waals surface area contributed by atoms with Crippen molar-refractivity contribution in [2.45, 2.75) is 19.5 Å². The van der Waals surface area contributed by atoms with Crippen LogP contribution in [-0.2, 0) is 11.3 Å². The minimum absolute atomic E-state index is 0.224. The average molecular weight is 391 g/mol. The molecular weight excluding hydrogens is 372 g/mol. The van der Waals surface area contributed by atoms with E-state index in [-0.39, 0.29) is 5.76 Å². The van der Waals surface area contributed by atoms with Crippen molar-refractivity contribution in [3.8, 4) is 0 Å². The first-order valence-corrected chi connectivity index (χ1v) is 9.38. The van der Waals surface area contributed by atoms with Gasteiger partial charge in [-0.05, 0) is 41.8 Å². The highest BCUT2D eigenvalue weighted by Gasteiger charge is 2.41. The molecule has 28 heavy (non-hydrogen) atoms. The second kappa shape index (κ2) is 7.49. The second-order valence-corrected chi connectivity index (χ2v) is 7.32. The number of aromatic nitrogens is 1. The topological polar surface area (TPSA) is 53.4 Å². The minimum atomic E-state index is -0.436. The molecule has 1 N–H and O–H groups in total. The number of pyridine rings is 1. The van der Waals surface area contributed by atoms with Crippen LogP contribution in [0.15, 0.2) is 78.8 Å². The molecule has 0 saturated carbocycles. The number of rotatable bonds is 4. The first-order chi connectivity index (χ1) is 13.5. The fraction of sp³-hybridized carbons (Fsp3) is 0.130. The van der Waals surface area contributed by atoms with Crippen LogP contribution in [0.3, 0.4) is 0 Å². The Morgan fingerprint density at radius 2 is 1.89 bits per heavy atom. The third-order valence-corrected chi connectivity index (χ3v) is 5.14. The summed E-state index contributed by atoms with van der Waals surface area (Å²) in [7, 11) is 0. The van der Waals surface area contributed by atoms with Crippen molar-refractivity contribution < 1.29 is 9.90 Å². The second-order valence-electron chi connectivity index (χ2n) is 6.88. The molecule has 1 aromatic heterocycles. The van der Waals surface area contributed by atoms with Crippen LogP contribution in [0.2, 0.25) is 5.02 Å². The quantitative estimate of drug-likeness (QED) is 0.674. The largest absolute Gasteiger partial charge is 0.503 e. The molecule has 1 aliphatic rings. The number of nitrogens with zero attached hydrogens (tertiary/aromatic N) is 2. The van der Waals surface area contributed by atoms with Gasteiger partial charge < -0.3 is 10.0 Å². The van der Waals surface area contributed by atoms with Crippen molar-refractivity contribution in [3.63, 3.8) is 0 Å². The van der Waals surface area contributed by atoms with Crippen molar-refractivity contribution in [2.24, 2.45) is 0 Å². The molecule has 140 valence electrons. The van der Waals surface area contributed by atoms with Crippen LogP contribution < -0.4 is 0 Å². The van der Waals surface area contributed by atoms with Gasteiger partial charge in [0.15, 0.2) is 5.76 Å². The lowest BCUT2D eigenvalue weighted by atomic mass is 9.93. The van der Waals surface area contributed by atoms with Crippen LogP contribution in [0.1, 0.15) is 28.3 Å². The van der Waals surface area contributed by atoms with E-state index in [1.807, 2.05) is 61.5 Å². The SMILES string of the molecule is Cc1ccc(C2=C(O)C(=O)N(Cc3cccnc3)[C@@H]2c2cccc(Cl)c2)cc1. The van der Waals surface area contributed by atoms with Crippen molar-refractivity contribution in [1.29, 1.82) is 0 Å². The summed E-state index contributed by atoms with van der Waals surface area (Å²) in [5.41, 5.74) is 4.26. The third kappa shape index (κ3) is 3.39. The van der Waals surface area contributed by atoms with Gasteiger partial charge >= 0.3 is 0 Å². The molecule has 3 aromatic rings. The van der Waals surface area contributed by atoms with E-state index in [1.165, 1.54) is 0 Å². The van der Waals surface area contributed by atoms with Crippen molar-refractivity contribution >= 4 is 23.1 Å². The van der Waals surface area contributed by atoms with Gasteiger partial charge in [-0.15, -0.1) is 0 Å². The number of aliphatic hydroxyl groups excluding tert-OH is 1. The Balaban J connectivity index is 1.83. The molecule has 1 amide bonds. The monoisotopic (exact) mass is 390 g/mol. The van der Waals surface area contributed by atoms with Crippen LogP contribution >= 0.6 is 11.6 Å². The summed E-state index contributed by atoms with van der Waals surface area (Å²) in [6, 6.07) is 18.5. The summed E-state index contributed by atoms with van der Waals surface area (Å²) in [4.78, 5) is 18.8. The standard InChI is InChI=1S/C23H19ClN2O2/c1-15-7-9-17(10-8-15)20-21(18-5-2-6-19(24)12-18)26(23(28)22(20)27)14-16-4-3-11-25-13-16/h2-13,21,27H,14H2,1H3/t21-/m1/s1. The molecule has 0 unspecified atom stereocenters. The molecule has 2 aromatic carbocycles. The molecular formula is C23H19ClN2O2. The predicted molar refractivity (Wildman–Crippen MR) is 110 cm³/mol. The molecule has 0 radical (unpaired) electrons. The van der Waals surface area contributed by atoms with Crippen molar-refractivity contribution in [1.82, 2.24) is 9.88 Å². The van der Waals surface area contributed by atoms with Crippen molar-refractivity contribution in [3.05, 3.63) is 106 Å². The number of amides is 1. The predicted octanol–water partition coefficient (Wildman–Crippen LogP) is 5.10. The fourth-order valence-corrected chi connectivity index (χ4v) is 3.75. The van der Waals surface area contributed by atoms with E-state index in [2.05, 4.69) is 4.98 Å². The number of carbonyl (C=O) groups excluding carboxylic acids is 1. The Kier molecular flexibility index (Phi) is 4.88. The van der Waals surface area contributed by atoms with Crippen LogP contribution in [0.25, 0.3) is 5.57 Å². The maximum Gasteiger partial charge on any atom is 0.290 e. The van der Waals surface area contributed by atoms with Gasteiger partial charge in [-0.2, -0.15) is 0 Å². The number of carbonyl (C=O) groups is 1. The van der Waals surface area contributed by atoms with E-state index in [4.69, 9.17) is 11.6 Å². The zero-order chi connectivity index (χ0) is 19.7. The van der Waals surface area contributed by atoms with Crippen LogP contribution in [0, 0.1) is 6.92 Å². The first-order valence-electron chi connectivity index (χ1n) is 9.00. The van der Waals surface area contributed by atoms with Crippen LogP contribution in [0.4, 0.5) is 0 Å². The van der Waals surface area contributed by atoms with Gasteiger partial charge in [0.1, 0.15) is 0 Å². The Bertz CT molecular complexity index is 1050. The lowest BCUT2D eigenvalue weighted by Crippen LogP contribution is -2.29. The molecule has 1 atom stereocenters. The van der Waals surface area contributed by atoms with E-state index in [0.717, 1.165) is 22.3 Å². The summed E-state index contributed by atoms with van der Waals surface area (Å²) in [6.45, 7) is 2.34. The highest BCUT2D eigenvalue weighted by molar-refractivity contribution is 6.30. The average Bonchev–Trinajstić information content (AvgIpc) is 2.94. The molecule has 2 heterocycles. The summed E-state index contributed by atoms with van der Waals surface area (Å²) in [5, 5.41) is 11.4. The van der Waals surface area contributed by atoms with Crippen molar-refractivity contribution in [2.75, 3.05) is 0 Å². The lowest BCUT2D eigenvalue weighted by Gasteiger charge is -2.27. The number of aryl methyl sites for hydroxylation is 1. The minimum Gasteiger partial charge on any atom is -0.503 e. The number of aliphatic hydroxyl groups is 1.